The van der Waals surface area contributed by atoms with E-state index in [9.17, 15) is 22.4 Å². The summed E-state index contributed by atoms with van der Waals surface area (Å²) in [4.78, 5) is 33.6. The highest BCUT2D eigenvalue weighted by Crippen LogP contribution is 2.28. The number of hydrogen-bond donors (Lipinski definition) is 2. The van der Waals surface area contributed by atoms with Crippen LogP contribution in [0.2, 0.25) is 5.02 Å². The van der Waals surface area contributed by atoms with Crippen LogP contribution in [0.15, 0.2) is 59.6 Å². The second-order valence-corrected chi connectivity index (χ2v) is 12.9. The molecule has 10 nitrogen and oxygen atoms in total. The third-order valence-corrected chi connectivity index (χ3v) is 8.69. The Labute approximate surface area is 255 Å². The highest BCUT2D eigenvalue weighted by atomic mass is 35.5. The van der Waals surface area contributed by atoms with E-state index >= 15 is 0 Å². The number of hydrogen-bond acceptors (Lipinski definition) is 7. The van der Waals surface area contributed by atoms with E-state index in [2.05, 4.69) is 15.2 Å². The largest absolute Gasteiger partial charge is 0.439 e. The Kier molecular flexibility index (Phi) is 10.6. The number of aromatic nitrogens is 1. The average Bonchev–Trinajstić information content (AvgIpc) is 2.96. The number of ether oxygens (including phenoxy) is 1. The number of pyridine rings is 1. The van der Waals surface area contributed by atoms with Gasteiger partial charge in [-0.05, 0) is 61.2 Å². The summed E-state index contributed by atoms with van der Waals surface area (Å²) in [7, 11) is -3.28. The molecule has 1 aliphatic heterocycles. The van der Waals surface area contributed by atoms with Crippen molar-refractivity contribution < 1.29 is 27.1 Å². The van der Waals surface area contributed by atoms with Crippen molar-refractivity contribution in [2.45, 2.75) is 50.1 Å². The fraction of sp³-hybridized carbons (Fsp3) is 0.367. The molecule has 3 amide bonds. The number of carbonyl (C=O) groups excluding carboxylic acids is 2. The molecule has 2 heterocycles. The molecule has 0 atom stereocenters. The summed E-state index contributed by atoms with van der Waals surface area (Å²) in [6, 6.07) is 11.7. The quantitative estimate of drug-likeness (QED) is 0.287. The molecule has 13 heteroatoms. The number of carbonyl (C=O) groups is 2. The van der Waals surface area contributed by atoms with Crippen LogP contribution >= 0.6 is 11.6 Å². The van der Waals surface area contributed by atoms with Crippen LogP contribution in [0.25, 0.3) is 0 Å². The third-order valence-electron chi connectivity index (χ3n) is 7.25. The Balaban J connectivity index is 1.33. The van der Waals surface area contributed by atoms with Crippen LogP contribution in [0.1, 0.15) is 48.5 Å². The molecule has 1 aromatic heterocycles. The van der Waals surface area contributed by atoms with Gasteiger partial charge >= 0.3 is 6.03 Å². The number of piperidine rings is 1. The van der Waals surface area contributed by atoms with Crippen molar-refractivity contribution >= 4 is 39.1 Å². The lowest BCUT2D eigenvalue weighted by atomic mass is 10.0. The molecule has 0 unspecified atom stereocenters. The zero-order valence-electron chi connectivity index (χ0n) is 24.1. The number of primary amides is 1. The van der Waals surface area contributed by atoms with Crippen LogP contribution in [-0.4, -0.2) is 67.1 Å². The predicted molar refractivity (Wildman–Crippen MR) is 163 cm³/mol. The zero-order valence-corrected chi connectivity index (χ0v) is 25.6. The number of likely N-dealkylation sites (tertiary alicyclic amines) is 1. The third kappa shape index (κ3) is 8.65. The fourth-order valence-electron chi connectivity index (χ4n) is 4.89. The molecule has 0 bridgehead atoms. The van der Waals surface area contributed by atoms with E-state index in [1.165, 1.54) is 12.1 Å². The van der Waals surface area contributed by atoms with Crippen LogP contribution in [0.4, 0.5) is 14.9 Å². The second-order valence-electron chi connectivity index (χ2n) is 10.5. The SMILES string of the molecule is CCCCN(C(=O)Nc1cc(C(N)=O)c(F)cc1Cl)C1CCN(Cc2ccc(Oc3ccc(S(C)(=O)=O)cc3)nc2)CC1. The van der Waals surface area contributed by atoms with Crippen molar-refractivity contribution in [2.24, 2.45) is 5.73 Å². The van der Waals surface area contributed by atoms with Crippen LogP contribution < -0.4 is 15.8 Å². The van der Waals surface area contributed by atoms with Crippen LogP contribution in [0.5, 0.6) is 11.6 Å². The van der Waals surface area contributed by atoms with Crippen molar-refractivity contribution in [3.8, 4) is 11.6 Å². The number of nitrogens with one attached hydrogen (secondary N) is 1. The van der Waals surface area contributed by atoms with Gasteiger partial charge < -0.3 is 20.7 Å². The number of anilines is 1. The van der Waals surface area contributed by atoms with Crippen molar-refractivity contribution in [1.82, 2.24) is 14.8 Å². The van der Waals surface area contributed by atoms with Crippen molar-refractivity contribution in [2.75, 3.05) is 31.2 Å². The van der Waals surface area contributed by atoms with E-state index < -0.39 is 21.6 Å². The maximum absolute atomic E-state index is 14.0. The van der Waals surface area contributed by atoms with Gasteiger partial charge in [-0.3, -0.25) is 9.69 Å². The molecule has 43 heavy (non-hydrogen) atoms. The molecule has 2 aromatic carbocycles. The fourth-order valence-corrected chi connectivity index (χ4v) is 5.71. The smallest absolute Gasteiger partial charge is 0.322 e. The van der Waals surface area contributed by atoms with Crippen LogP contribution in [0.3, 0.4) is 0 Å². The Hall–Kier alpha value is -3.74. The van der Waals surface area contributed by atoms with Gasteiger partial charge in [-0.15, -0.1) is 0 Å². The first-order chi connectivity index (χ1) is 20.4. The van der Waals surface area contributed by atoms with E-state index in [4.69, 9.17) is 22.1 Å². The van der Waals surface area contributed by atoms with Crippen LogP contribution in [-0.2, 0) is 16.4 Å². The van der Waals surface area contributed by atoms with Gasteiger partial charge in [0, 0.05) is 50.7 Å². The van der Waals surface area contributed by atoms with E-state index in [-0.39, 0.29) is 33.2 Å². The molecule has 4 rings (SSSR count). The van der Waals surface area contributed by atoms with Gasteiger partial charge in [-0.25, -0.2) is 22.6 Å². The van der Waals surface area contributed by atoms with E-state index in [1.807, 2.05) is 13.0 Å². The number of sulfone groups is 1. The minimum atomic E-state index is -3.28. The molecular weight excluding hydrogens is 597 g/mol. The lowest BCUT2D eigenvalue weighted by molar-refractivity contribution is 0.0996. The number of amides is 3. The maximum atomic E-state index is 14.0. The lowest BCUT2D eigenvalue weighted by Crippen LogP contribution is -2.49. The number of nitrogens with zero attached hydrogens (tertiary/aromatic N) is 3. The molecule has 1 aliphatic rings. The van der Waals surface area contributed by atoms with Crippen molar-refractivity contribution in [3.05, 3.63) is 76.7 Å². The highest BCUT2D eigenvalue weighted by molar-refractivity contribution is 7.90. The summed E-state index contributed by atoms with van der Waals surface area (Å²) in [5.74, 6) is -0.902. The van der Waals surface area contributed by atoms with Crippen LogP contribution in [0, 0.1) is 5.82 Å². The summed E-state index contributed by atoms with van der Waals surface area (Å²) in [6.45, 7) is 4.83. The predicted octanol–water partition coefficient (Wildman–Crippen LogP) is 5.47. The summed E-state index contributed by atoms with van der Waals surface area (Å²) in [5, 5.41) is 2.72. The standard InChI is InChI=1S/C30H35ClFN5O5S/c1-3-4-13-37(30(39)35-27-16-24(29(33)38)26(32)17-25(27)31)21-11-14-36(15-12-21)19-20-5-10-28(34-18-20)42-22-6-8-23(9-7-22)43(2,40)41/h5-10,16-18,21H,3-4,11-15,19H2,1-2H3,(H2,33,38)(H,35,39). The zero-order chi connectivity index (χ0) is 31.1. The summed E-state index contributed by atoms with van der Waals surface area (Å²) in [6.07, 6.45) is 6.15. The van der Waals surface area contributed by atoms with Gasteiger partial charge in [-0.2, -0.15) is 0 Å². The monoisotopic (exact) mass is 631 g/mol. The Morgan fingerprint density at radius 3 is 2.44 bits per heavy atom. The van der Waals surface area contributed by atoms with E-state index in [1.54, 1.807) is 29.3 Å². The summed E-state index contributed by atoms with van der Waals surface area (Å²) < 4.78 is 43.1. The molecule has 1 fully saturated rings. The van der Waals surface area contributed by atoms with Gasteiger partial charge in [-0.1, -0.05) is 31.0 Å². The number of rotatable bonds is 11. The minimum absolute atomic E-state index is 0.000574. The number of nitrogens with two attached hydrogens (primary N) is 1. The molecule has 230 valence electrons. The molecule has 1 saturated heterocycles. The summed E-state index contributed by atoms with van der Waals surface area (Å²) >= 11 is 6.15. The molecular formula is C30H35ClFN5O5S. The van der Waals surface area contributed by atoms with Gasteiger partial charge in [0.15, 0.2) is 9.84 Å². The number of urea groups is 1. The maximum Gasteiger partial charge on any atom is 0.322 e. The van der Waals surface area contributed by atoms with Gasteiger partial charge in [0.1, 0.15) is 11.6 Å². The molecule has 0 aliphatic carbocycles. The van der Waals surface area contributed by atoms with Crippen molar-refractivity contribution in [1.29, 1.82) is 0 Å². The Morgan fingerprint density at radius 2 is 1.86 bits per heavy atom. The normalized spacial score (nSPS) is 14.3. The topological polar surface area (TPSA) is 135 Å². The average molecular weight is 632 g/mol. The van der Waals surface area contributed by atoms with Gasteiger partial charge in [0.25, 0.3) is 5.91 Å². The first kappa shape index (κ1) is 32.2. The van der Waals surface area contributed by atoms with Crippen molar-refractivity contribution in [3.63, 3.8) is 0 Å². The Morgan fingerprint density at radius 1 is 1.16 bits per heavy atom. The van der Waals surface area contributed by atoms with E-state index in [0.717, 1.165) is 62.7 Å². The van der Waals surface area contributed by atoms with Gasteiger partial charge in [0.05, 0.1) is 21.2 Å². The van der Waals surface area contributed by atoms with E-state index in [0.29, 0.717) is 24.7 Å². The second kappa shape index (κ2) is 14.2. The Bertz CT molecular complexity index is 1550. The first-order valence-corrected chi connectivity index (χ1v) is 16.2. The number of benzene rings is 2. The van der Waals surface area contributed by atoms with Gasteiger partial charge in [0.2, 0.25) is 5.88 Å². The highest BCUT2D eigenvalue weighted by Gasteiger charge is 2.28. The number of halogens is 2. The number of unbranched alkanes of at least 4 members (excludes halogenated alkanes) is 1. The molecule has 0 spiro atoms. The molecule has 3 aromatic rings. The summed E-state index contributed by atoms with van der Waals surface area (Å²) in [5.41, 5.74) is 6.05. The molecule has 3 N–H and O–H groups in total. The first-order valence-electron chi connectivity index (χ1n) is 14.0. The molecule has 0 saturated carbocycles. The minimum Gasteiger partial charge on any atom is -0.439 e. The molecule has 0 radical (unpaired) electrons. The lowest BCUT2D eigenvalue weighted by Gasteiger charge is -2.38.